The largest absolute Gasteiger partial charge is 0.508 e. The zero-order valence-electron chi connectivity index (χ0n) is 17.7. The molecule has 3 aromatic rings. The summed E-state index contributed by atoms with van der Waals surface area (Å²) >= 11 is 0. The van der Waals surface area contributed by atoms with Gasteiger partial charge in [0.1, 0.15) is 23.9 Å². The van der Waals surface area contributed by atoms with Gasteiger partial charge in [0, 0.05) is 32.4 Å². The number of fused-ring (bicyclic) bond motifs is 1. The van der Waals surface area contributed by atoms with Gasteiger partial charge in [-0.1, -0.05) is 18.2 Å². The first-order valence-corrected chi connectivity index (χ1v) is 10.5. The molecule has 33 heavy (non-hydrogen) atoms. The number of anilines is 1. The van der Waals surface area contributed by atoms with Crippen LogP contribution < -0.4 is 15.6 Å². The summed E-state index contributed by atoms with van der Waals surface area (Å²) in [4.78, 5) is 27.3. The van der Waals surface area contributed by atoms with E-state index in [4.69, 9.17) is 0 Å². The Morgan fingerprint density at radius 3 is 2.52 bits per heavy atom. The molecule has 0 unspecified atom stereocenters. The van der Waals surface area contributed by atoms with Crippen molar-refractivity contribution in [3.8, 4) is 5.75 Å². The maximum absolute atomic E-state index is 15.5. The van der Waals surface area contributed by atoms with Crippen molar-refractivity contribution in [2.45, 2.75) is 6.54 Å². The number of ketones is 1. The van der Waals surface area contributed by atoms with E-state index in [1.165, 1.54) is 18.2 Å². The van der Waals surface area contributed by atoms with Gasteiger partial charge in [0.2, 0.25) is 5.43 Å². The van der Waals surface area contributed by atoms with Crippen molar-refractivity contribution in [1.29, 1.82) is 0 Å². The highest BCUT2D eigenvalue weighted by atomic mass is 19.1. The Kier molecular flexibility index (Phi) is 6.50. The molecule has 6 nitrogen and oxygen atoms in total. The van der Waals surface area contributed by atoms with Crippen molar-refractivity contribution in [3.05, 3.63) is 75.6 Å². The number of pyridine rings is 1. The molecule has 1 aliphatic rings. The predicted molar refractivity (Wildman–Crippen MR) is 121 cm³/mol. The molecule has 9 heteroatoms. The first-order chi connectivity index (χ1) is 15.9. The van der Waals surface area contributed by atoms with Crippen molar-refractivity contribution < 1.29 is 23.1 Å². The van der Waals surface area contributed by atoms with Crippen LogP contribution in [0.25, 0.3) is 17.0 Å². The summed E-state index contributed by atoms with van der Waals surface area (Å²) in [6.07, 6.45) is 3.71. The standard InChI is InChI=1S/C24H22F3N3O3/c25-7-10-30-14-18(20(32)6-3-15-1-4-16(31)5-2-15)24(33)17-13-19(26)23(21(27)22(17)30)29-11-8-28-9-12-29/h1-6,13-14,28,31H,7-12H2/b6-3+. The average molecular weight is 457 g/mol. The summed E-state index contributed by atoms with van der Waals surface area (Å²) in [5, 5.41) is 12.1. The highest BCUT2D eigenvalue weighted by molar-refractivity contribution is 6.08. The number of benzene rings is 2. The third-order valence-electron chi connectivity index (χ3n) is 5.57. The number of rotatable bonds is 6. The molecule has 1 aromatic heterocycles. The minimum absolute atomic E-state index is 0.0614. The number of phenolic OH excluding ortho intramolecular Hbond substituents is 1. The van der Waals surface area contributed by atoms with Crippen LogP contribution >= 0.6 is 0 Å². The maximum Gasteiger partial charge on any atom is 0.200 e. The van der Waals surface area contributed by atoms with E-state index in [0.717, 1.165) is 22.9 Å². The number of nitrogens with one attached hydrogen (secondary N) is 1. The molecule has 1 aliphatic heterocycles. The third-order valence-corrected chi connectivity index (χ3v) is 5.57. The molecule has 1 fully saturated rings. The number of halogens is 3. The van der Waals surface area contributed by atoms with Crippen LogP contribution in [0.1, 0.15) is 15.9 Å². The number of alkyl halides is 1. The van der Waals surface area contributed by atoms with Crippen LogP contribution in [0.3, 0.4) is 0 Å². The molecule has 0 atom stereocenters. The molecule has 1 saturated heterocycles. The maximum atomic E-state index is 15.5. The fraction of sp³-hybridized carbons (Fsp3) is 0.250. The summed E-state index contributed by atoms with van der Waals surface area (Å²) in [5.74, 6) is -2.48. The lowest BCUT2D eigenvalue weighted by molar-refractivity contribution is 0.104. The zero-order valence-corrected chi connectivity index (χ0v) is 17.7. The fourth-order valence-corrected chi connectivity index (χ4v) is 3.95. The lowest BCUT2D eigenvalue weighted by Gasteiger charge is -2.30. The van der Waals surface area contributed by atoms with E-state index in [0.29, 0.717) is 31.7 Å². The van der Waals surface area contributed by atoms with Crippen molar-refractivity contribution in [2.75, 3.05) is 37.8 Å². The van der Waals surface area contributed by atoms with Crippen LogP contribution in [0.15, 0.2) is 47.4 Å². The molecule has 2 N–H and O–H groups in total. The average Bonchev–Trinajstić information content (AvgIpc) is 2.81. The number of aromatic hydroxyl groups is 1. The highest BCUT2D eigenvalue weighted by Crippen LogP contribution is 2.30. The summed E-state index contributed by atoms with van der Waals surface area (Å²) < 4.78 is 44.9. The van der Waals surface area contributed by atoms with Crippen LogP contribution in [0.5, 0.6) is 5.75 Å². The molecule has 0 radical (unpaired) electrons. The van der Waals surface area contributed by atoms with E-state index in [9.17, 15) is 23.5 Å². The predicted octanol–water partition coefficient (Wildman–Crippen LogP) is 3.26. The zero-order chi connectivity index (χ0) is 23.5. The van der Waals surface area contributed by atoms with Gasteiger partial charge in [-0.2, -0.15) is 0 Å². The van der Waals surface area contributed by atoms with E-state index < -0.39 is 29.5 Å². The minimum Gasteiger partial charge on any atom is -0.508 e. The summed E-state index contributed by atoms with van der Waals surface area (Å²) in [6, 6.07) is 6.95. The Bertz CT molecular complexity index is 1280. The Morgan fingerprint density at radius 2 is 1.85 bits per heavy atom. The van der Waals surface area contributed by atoms with Gasteiger partial charge in [0.05, 0.1) is 23.0 Å². The molecule has 2 aromatic carbocycles. The second-order valence-electron chi connectivity index (χ2n) is 7.70. The summed E-state index contributed by atoms with van der Waals surface area (Å²) in [5.41, 5.74) is -1.04. The quantitative estimate of drug-likeness (QED) is 0.439. The topological polar surface area (TPSA) is 74.6 Å². The number of allylic oxidation sites excluding steroid dienone is 1. The molecule has 2 heterocycles. The van der Waals surface area contributed by atoms with Crippen LogP contribution in [0.2, 0.25) is 0 Å². The van der Waals surface area contributed by atoms with Gasteiger partial charge in [0.25, 0.3) is 0 Å². The van der Waals surface area contributed by atoms with Gasteiger partial charge in [-0.05, 0) is 29.8 Å². The second kappa shape index (κ2) is 9.50. The third kappa shape index (κ3) is 4.49. The number of hydrogen-bond donors (Lipinski definition) is 2. The molecule has 4 rings (SSSR count). The normalized spacial score (nSPS) is 14.3. The Labute approximate surface area is 187 Å². The van der Waals surface area contributed by atoms with Gasteiger partial charge >= 0.3 is 0 Å². The van der Waals surface area contributed by atoms with Crippen molar-refractivity contribution in [2.24, 2.45) is 0 Å². The van der Waals surface area contributed by atoms with Gasteiger partial charge in [0.15, 0.2) is 11.6 Å². The number of nitrogens with zero attached hydrogens (tertiary/aromatic N) is 2. The molecule has 0 saturated carbocycles. The molecular weight excluding hydrogens is 435 g/mol. The second-order valence-corrected chi connectivity index (χ2v) is 7.70. The van der Waals surface area contributed by atoms with E-state index in [2.05, 4.69) is 5.32 Å². The lowest BCUT2D eigenvalue weighted by atomic mass is 10.0. The molecule has 0 aliphatic carbocycles. The Morgan fingerprint density at radius 1 is 1.15 bits per heavy atom. The van der Waals surface area contributed by atoms with E-state index in [1.54, 1.807) is 17.0 Å². The Hall–Kier alpha value is -3.59. The smallest absolute Gasteiger partial charge is 0.200 e. The number of hydrogen-bond acceptors (Lipinski definition) is 5. The highest BCUT2D eigenvalue weighted by Gasteiger charge is 2.25. The van der Waals surface area contributed by atoms with Crippen molar-refractivity contribution >= 4 is 28.4 Å². The van der Waals surface area contributed by atoms with E-state index >= 15 is 4.39 Å². The number of aryl methyl sites for hydroxylation is 1. The molecule has 0 bridgehead atoms. The minimum atomic E-state index is -0.948. The molecule has 0 amide bonds. The van der Waals surface area contributed by atoms with Crippen LogP contribution in [-0.2, 0) is 6.54 Å². The van der Waals surface area contributed by atoms with Gasteiger partial charge in [-0.15, -0.1) is 0 Å². The van der Waals surface area contributed by atoms with E-state index in [1.807, 2.05) is 0 Å². The number of carbonyl (C=O) groups is 1. The van der Waals surface area contributed by atoms with Gasteiger partial charge in [-0.25, -0.2) is 13.2 Å². The summed E-state index contributed by atoms with van der Waals surface area (Å²) in [7, 11) is 0. The number of phenols is 1. The monoisotopic (exact) mass is 457 g/mol. The van der Waals surface area contributed by atoms with Crippen molar-refractivity contribution in [1.82, 2.24) is 9.88 Å². The van der Waals surface area contributed by atoms with Crippen molar-refractivity contribution in [3.63, 3.8) is 0 Å². The van der Waals surface area contributed by atoms with Crippen LogP contribution in [0, 0.1) is 11.6 Å². The number of carbonyl (C=O) groups excluding carboxylic acids is 1. The van der Waals surface area contributed by atoms with Crippen LogP contribution in [-0.4, -0.2) is 48.3 Å². The summed E-state index contributed by atoms with van der Waals surface area (Å²) in [6.45, 7) is 0.692. The molecular formula is C24H22F3N3O3. The lowest BCUT2D eigenvalue weighted by Crippen LogP contribution is -2.44. The Balaban J connectivity index is 1.82. The number of aromatic nitrogens is 1. The van der Waals surface area contributed by atoms with Gasteiger partial charge in [-0.3, -0.25) is 9.59 Å². The van der Waals surface area contributed by atoms with E-state index in [-0.39, 0.29) is 34.4 Å². The molecule has 172 valence electrons. The molecule has 0 spiro atoms. The SMILES string of the molecule is O=C(/C=C/c1ccc(O)cc1)c1cn(CCF)c2c(F)c(N3CCNCC3)c(F)cc2c1=O. The first-order valence-electron chi connectivity index (χ1n) is 10.5. The first kappa shape index (κ1) is 22.6. The number of piperazine rings is 1. The van der Waals surface area contributed by atoms with Gasteiger partial charge < -0.3 is 19.9 Å². The fourth-order valence-electron chi connectivity index (χ4n) is 3.95. The van der Waals surface area contributed by atoms with Crippen LogP contribution in [0.4, 0.5) is 18.9 Å².